The van der Waals surface area contributed by atoms with E-state index >= 15 is 0 Å². The molecule has 0 rings (SSSR count). The maximum absolute atomic E-state index is 8.93. The van der Waals surface area contributed by atoms with Crippen molar-refractivity contribution in [3.8, 4) is 0 Å². The van der Waals surface area contributed by atoms with Crippen molar-refractivity contribution in [3.63, 3.8) is 0 Å². The monoisotopic (exact) mass is 145 g/mol. The van der Waals surface area contributed by atoms with Crippen LogP contribution in [0, 0.1) is 0 Å². The standard InChI is InChI=1S/C8H19NO/c1-4-8(5-2)9-6-7(3)10/h7-10H,4-6H2,1-3H3/t7-/m1/s1. The first-order valence-corrected chi connectivity index (χ1v) is 4.12. The summed E-state index contributed by atoms with van der Waals surface area (Å²) in [5.41, 5.74) is 0. The van der Waals surface area contributed by atoms with Crippen molar-refractivity contribution < 1.29 is 5.11 Å². The fourth-order valence-corrected chi connectivity index (χ4v) is 0.915. The van der Waals surface area contributed by atoms with Crippen molar-refractivity contribution in [3.05, 3.63) is 0 Å². The molecule has 62 valence electrons. The van der Waals surface area contributed by atoms with Gasteiger partial charge in [0.15, 0.2) is 0 Å². The summed E-state index contributed by atoms with van der Waals surface area (Å²) >= 11 is 0. The van der Waals surface area contributed by atoms with E-state index in [0.29, 0.717) is 12.6 Å². The van der Waals surface area contributed by atoms with E-state index in [9.17, 15) is 0 Å². The lowest BCUT2D eigenvalue weighted by Gasteiger charge is -2.15. The van der Waals surface area contributed by atoms with E-state index in [0.717, 1.165) is 12.8 Å². The van der Waals surface area contributed by atoms with Gasteiger partial charge in [0, 0.05) is 12.6 Å². The fourth-order valence-electron chi connectivity index (χ4n) is 0.915. The zero-order chi connectivity index (χ0) is 7.98. The molecule has 0 aromatic carbocycles. The molecule has 0 heterocycles. The second-order valence-corrected chi connectivity index (χ2v) is 2.77. The molecule has 10 heavy (non-hydrogen) atoms. The highest BCUT2D eigenvalue weighted by molar-refractivity contribution is 4.63. The minimum atomic E-state index is -0.222. The molecule has 0 aromatic rings. The molecule has 0 saturated heterocycles. The summed E-state index contributed by atoms with van der Waals surface area (Å²) in [4.78, 5) is 0. The minimum absolute atomic E-state index is 0.222. The molecule has 2 N–H and O–H groups in total. The van der Waals surface area contributed by atoms with Crippen LogP contribution in [0.15, 0.2) is 0 Å². The van der Waals surface area contributed by atoms with Gasteiger partial charge in [-0.3, -0.25) is 0 Å². The van der Waals surface area contributed by atoms with E-state index in [1.165, 1.54) is 0 Å². The van der Waals surface area contributed by atoms with E-state index in [1.807, 2.05) is 0 Å². The highest BCUT2D eigenvalue weighted by Gasteiger charge is 2.02. The van der Waals surface area contributed by atoms with Crippen LogP contribution in [0.4, 0.5) is 0 Å². The van der Waals surface area contributed by atoms with Gasteiger partial charge in [0.1, 0.15) is 0 Å². The van der Waals surface area contributed by atoms with Crippen molar-refractivity contribution in [2.75, 3.05) is 6.54 Å². The predicted molar refractivity (Wildman–Crippen MR) is 44.1 cm³/mol. The minimum Gasteiger partial charge on any atom is -0.392 e. The summed E-state index contributed by atoms with van der Waals surface area (Å²) in [6, 6.07) is 0.578. The topological polar surface area (TPSA) is 32.3 Å². The first kappa shape index (κ1) is 9.92. The van der Waals surface area contributed by atoms with Gasteiger partial charge in [-0.05, 0) is 19.8 Å². The normalized spacial score (nSPS) is 14.1. The number of aliphatic hydroxyl groups excluding tert-OH is 1. The van der Waals surface area contributed by atoms with E-state index in [4.69, 9.17) is 5.11 Å². The van der Waals surface area contributed by atoms with Crippen molar-refractivity contribution >= 4 is 0 Å². The smallest absolute Gasteiger partial charge is 0.0636 e. The molecule has 2 heteroatoms. The molecule has 0 aromatic heterocycles. The van der Waals surface area contributed by atoms with Gasteiger partial charge in [-0.25, -0.2) is 0 Å². The Hall–Kier alpha value is -0.0800. The molecule has 0 radical (unpaired) electrons. The Morgan fingerprint density at radius 2 is 1.80 bits per heavy atom. The quantitative estimate of drug-likeness (QED) is 0.608. The van der Waals surface area contributed by atoms with Gasteiger partial charge < -0.3 is 10.4 Å². The molecule has 0 amide bonds. The summed E-state index contributed by atoms with van der Waals surface area (Å²) in [5, 5.41) is 12.2. The van der Waals surface area contributed by atoms with Crippen LogP contribution in [-0.2, 0) is 0 Å². The Bertz CT molecular complexity index is 69.7. The van der Waals surface area contributed by atoms with Crippen LogP contribution in [0.1, 0.15) is 33.6 Å². The summed E-state index contributed by atoms with van der Waals surface area (Å²) in [5.74, 6) is 0. The van der Waals surface area contributed by atoms with Gasteiger partial charge in [-0.1, -0.05) is 13.8 Å². The van der Waals surface area contributed by atoms with E-state index in [-0.39, 0.29) is 6.10 Å². The molecule has 0 aliphatic rings. The third kappa shape index (κ3) is 4.77. The summed E-state index contributed by atoms with van der Waals surface area (Å²) < 4.78 is 0. The lowest BCUT2D eigenvalue weighted by molar-refractivity contribution is 0.185. The van der Waals surface area contributed by atoms with Crippen molar-refractivity contribution in [2.45, 2.75) is 45.8 Å². The molecule has 0 fully saturated rings. The van der Waals surface area contributed by atoms with E-state index < -0.39 is 0 Å². The Morgan fingerprint density at radius 3 is 2.10 bits per heavy atom. The number of aliphatic hydroxyl groups is 1. The molecule has 1 atom stereocenters. The number of nitrogens with one attached hydrogen (secondary N) is 1. The molecule has 0 aliphatic carbocycles. The van der Waals surface area contributed by atoms with Crippen molar-refractivity contribution in [1.29, 1.82) is 0 Å². The maximum atomic E-state index is 8.93. The van der Waals surface area contributed by atoms with Crippen LogP contribution < -0.4 is 5.32 Å². The van der Waals surface area contributed by atoms with Crippen LogP contribution in [0.2, 0.25) is 0 Å². The Balaban J connectivity index is 3.26. The summed E-state index contributed by atoms with van der Waals surface area (Å²) in [7, 11) is 0. The average molecular weight is 145 g/mol. The number of rotatable bonds is 5. The van der Waals surface area contributed by atoms with Gasteiger partial charge in [0.25, 0.3) is 0 Å². The predicted octanol–water partition coefficient (Wildman–Crippen LogP) is 1.15. The number of hydrogen-bond donors (Lipinski definition) is 2. The zero-order valence-electron chi connectivity index (χ0n) is 7.22. The van der Waals surface area contributed by atoms with Crippen LogP contribution in [0.25, 0.3) is 0 Å². The van der Waals surface area contributed by atoms with Gasteiger partial charge in [0.05, 0.1) is 6.10 Å². The maximum Gasteiger partial charge on any atom is 0.0636 e. The van der Waals surface area contributed by atoms with Gasteiger partial charge >= 0.3 is 0 Å². The molecule has 0 saturated carbocycles. The van der Waals surface area contributed by atoms with Gasteiger partial charge in [-0.15, -0.1) is 0 Å². The highest BCUT2D eigenvalue weighted by atomic mass is 16.3. The molecular formula is C8H19NO. The number of hydrogen-bond acceptors (Lipinski definition) is 2. The molecular weight excluding hydrogens is 126 g/mol. The fraction of sp³-hybridized carbons (Fsp3) is 1.00. The van der Waals surface area contributed by atoms with Crippen LogP contribution >= 0.6 is 0 Å². The Morgan fingerprint density at radius 1 is 1.30 bits per heavy atom. The first-order valence-electron chi connectivity index (χ1n) is 4.12. The Kier molecular flexibility index (Phi) is 5.64. The largest absolute Gasteiger partial charge is 0.392 e. The molecule has 0 unspecified atom stereocenters. The van der Waals surface area contributed by atoms with E-state index in [2.05, 4.69) is 19.2 Å². The third-order valence-electron chi connectivity index (χ3n) is 1.69. The Labute approximate surface area is 63.6 Å². The third-order valence-corrected chi connectivity index (χ3v) is 1.69. The van der Waals surface area contributed by atoms with Crippen molar-refractivity contribution in [2.24, 2.45) is 0 Å². The zero-order valence-corrected chi connectivity index (χ0v) is 7.22. The van der Waals surface area contributed by atoms with Gasteiger partial charge in [-0.2, -0.15) is 0 Å². The lowest BCUT2D eigenvalue weighted by atomic mass is 10.2. The summed E-state index contributed by atoms with van der Waals surface area (Å²) in [6.45, 7) is 6.83. The second-order valence-electron chi connectivity index (χ2n) is 2.77. The van der Waals surface area contributed by atoms with Crippen LogP contribution in [0.3, 0.4) is 0 Å². The lowest BCUT2D eigenvalue weighted by Crippen LogP contribution is -2.33. The first-order chi connectivity index (χ1) is 4.70. The summed E-state index contributed by atoms with van der Waals surface area (Å²) in [6.07, 6.45) is 2.06. The molecule has 2 nitrogen and oxygen atoms in total. The van der Waals surface area contributed by atoms with Crippen LogP contribution in [0.5, 0.6) is 0 Å². The SMILES string of the molecule is CCC(CC)NC[C@@H](C)O. The van der Waals surface area contributed by atoms with Gasteiger partial charge in [0.2, 0.25) is 0 Å². The molecule has 0 bridgehead atoms. The molecule has 0 spiro atoms. The second kappa shape index (κ2) is 5.69. The van der Waals surface area contributed by atoms with Crippen LogP contribution in [-0.4, -0.2) is 23.8 Å². The van der Waals surface area contributed by atoms with E-state index in [1.54, 1.807) is 6.92 Å². The van der Waals surface area contributed by atoms with Crippen molar-refractivity contribution in [1.82, 2.24) is 5.32 Å². The highest BCUT2D eigenvalue weighted by Crippen LogP contribution is 1.95. The molecule has 0 aliphatic heterocycles. The average Bonchev–Trinajstić information content (AvgIpc) is 1.90.